The second kappa shape index (κ2) is 8.05. The predicted molar refractivity (Wildman–Crippen MR) is 78.6 cm³/mol. The smallest absolute Gasteiger partial charge is 0.357 e. The summed E-state index contributed by atoms with van der Waals surface area (Å²) in [6.07, 6.45) is -1.78. The SMILES string of the molecule is CCCCN(CC)c1cc(C(F)(F)F)nc(NCCC)n1. The summed E-state index contributed by atoms with van der Waals surface area (Å²) < 4.78 is 38.9. The van der Waals surface area contributed by atoms with Gasteiger partial charge < -0.3 is 10.2 Å². The van der Waals surface area contributed by atoms with Crippen LogP contribution in [0.5, 0.6) is 0 Å². The van der Waals surface area contributed by atoms with Crippen LogP contribution in [-0.4, -0.2) is 29.6 Å². The van der Waals surface area contributed by atoms with Crippen molar-refractivity contribution in [1.29, 1.82) is 0 Å². The zero-order valence-electron chi connectivity index (χ0n) is 12.8. The Morgan fingerprint density at radius 2 is 1.86 bits per heavy atom. The number of halogens is 3. The molecule has 1 N–H and O–H groups in total. The maximum absolute atomic E-state index is 13.0. The van der Waals surface area contributed by atoms with E-state index in [9.17, 15) is 13.2 Å². The molecule has 0 aliphatic heterocycles. The van der Waals surface area contributed by atoms with Crippen LogP contribution in [-0.2, 0) is 6.18 Å². The fraction of sp³-hybridized carbons (Fsp3) is 0.714. The average Bonchev–Trinajstić information content (AvgIpc) is 2.45. The van der Waals surface area contributed by atoms with Crippen LogP contribution in [0, 0.1) is 0 Å². The van der Waals surface area contributed by atoms with Crippen LogP contribution in [0.4, 0.5) is 24.9 Å². The Morgan fingerprint density at radius 3 is 2.38 bits per heavy atom. The van der Waals surface area contributed by atoms with E-state index < -0.39 is 11.9 Å². The molecular weight excluding hydrogens is 281 g/mol. The van der Waals surface area contributed by atoms with Crippen molar-refractivity contribution >= 4 is 11.8 Å². The summed E-state index contributed by atoms with van der Waals surface area (Å²) in [6.45, 7) is 7.73. The van der Waals surface area contributed by atoms with Gasteiger partial charge in [0.15, 0.2) is 5.69 Å². The molecule has 0 amide bonds. The second-order valence-corrected chi connectivity index (χ2v) is 4.79. The minimum absolute atomic E-state index is 0.0385. The molecule has 1 aromatic heterocycles. The van der Waals surface area contributed by atoms with Gasteiger partial charge in [-0.05, 0) is 19.8 Å². The minimum Gasteiger partial charge on any atom is -0.357 e. The number of nitrogens with one attached hydrogen (secondary N) is 1. The molecule has 21 heavy (non-hydrogen) atoms. The molecule has 0 saturated carbocycles. The van der Waals surface area contributed by atoms with Gasteiger partial charge in [-0.2, -0.15) is 18.2 Å². The maximum Gasteiger partial charge on any atom is 0.433 e. The van der Waals surface area contributed by atoms with Crippen LogP contribution in [0.25, 0.3) is 0 Å². The summed E-state index contributed by atoms with van der Waals surface area (Å²) >= 11 is 0. The molecule has 7 heteroatoms. The van der Waals surface area contributed by atoms with E-state index in [0.717, 1.165) is 25.3 Å². The average molecular weight is 304 g/mol. The Bertz CT molecular complexity index is 435. The van der Waals surface area contributed by atoms with Crippen molar-refractivity contribution in [2.75, 3.05) is 29.9 Å². The highest BCUT2D eigenvalue weighted by atomic mass is 19.4. The van der Waals surface area contributed by atoms with Crippen molar-refractivity contribution in [3.8, 4) is 0 Å². The lowest BCUT2D eigenvalue weighted by Gasteiger charge is -2.23. The highest BCUT2D eigenvalue weighted by Crippen LogP contribution is 2.30. The van der Waals surface area contributed by atoms with E-state index in [0.29, 0.717) is 25.5 Å². The van der Waals surface area contributed by atoms with Crippen LogP contribution in [0.1, 0.15) is 45.7 Å². The van der Waals surface area contributed by atoms with Gasteiger partial charge in [0, 0.05) is 25.7 Å². The molecule has 0 aliphatic rings. The predicted octanol–water partition coefficient (Wildman–Crippen LogP) is 3.94. The Balaban J connectivity index is 3.10. The molecular formula is C14H23F3N4. The number of alkyl halides is 3. The van der Waals surface area contributed by atoms with Gasteiger partial charge in [-0.3, -0.25) is 0 Å². The molecule has 0 atom stereocenters. The Morgan fingerprint density at radius 1 is 1.14 bits per heavy atom. The highest BCUT2D eigenvalue weighted by molar-refractivity contribution is 5.45. The van der Waals surface area contributed by atoms with Crippen LogP contribution >= 0.6 is 0 Å². The third kappa shape index (κ3) is 5.40. The molecule has 4 nitrogen and oxygen atoms in total. The lowest BCUT2D eigenvalue weighted by atomic mass is 10.3. The fourth-order valence-corrected chi connectivity index (χ4v) is 1.84. The topological polar surface area (TPSA) is 41.1 Å². The van der Waals surface area contributed by atoms with Gasteiger partial charge in [-0.1, -0.05) is 20.3 Å². The third-order valence-corrected chi connectivity index (χ3v) is 3.02. The lowest BCUT2D eigenvalue weighted by Crippen LogP contribution is -2.26. The Hall–Kier alpha value is -1.53. The number of anilines is 2. The summed E-state index contributed by atoms with van der Waals surface area (Å²) in [5, 5.41) is 2.83. The standard InChI is InChI=1S/C14H23F3N4/c1-4-7-9-21(6-3)12-10-11(14(15,16)17)19-13(20-12)18-8-5-2/h10H,4-9H2,1-3H3,(H,18,19,20). The molecule has 0 aromatic carbocycles. The van der Waals surface area contributed by atoms with Gasteiger partial charge in [0.2, 0.25) is 5.95 Å². The van der Waals surface area contributed by atoms with Gasteiger partial charge in [0.05, 0.1) is 0 Å². The molecule has 0 radical (unpaired) electrons. The zero-order chi connectivity index (χ0) is 15.9. The summed E-state index contributed by atoms with van der Waals surface area (Å²) in [5.74, 6) is 0.364. The molecule has 120 valence electrons. The lowest BCUT2D eigenvalue weighted by molar-refractivity contribution is -0.141. The minimum atomic E-state index is -4.47. The summed E-state index contributed by atoms with van der Waals surface area (Å²) in [7, 11) is 0. The van der Waals surface area contributed by atoms with Crippen molar-refractivity contribution in [3.05, 3.63) is 11.8 Å². The van der Waals surface area contributed by atoms with Crippen LogP contribution in [0.15, 0.2) is 6.07 Å². The molecule has 0 saturated heterocycles. The molecule has 1 rings (SSSR count). The largest absolute Gasteiger partial charge is 0.433 e. The van der Waals surface area contributed by atoms with Gasteiger partial charge in [-0.15, -0.1) is 0 Å². The van der Waals surface area contributed by atoms with E-state index in [-0.39, 0.29) is 5.95 Å². The first-order chi connectivity index (χ1) is 9.92. The monoisotopic (exact) mass is 304 g/mol. The first-order valence-corrected chi connectivity index (χ1v) is 7.37. The third-order valence-electron chi connectivity index (χ3n) is 3.02. The van der Waals surface area contributed by atoms with E-state index in [2.05, 4.69) is 15.3 Å². The first-order valence-electron chi connectivity index (χ1n) is 7.37. The molecule has 0 fully saturated rings. The molecule has 1 aromatic rings. The number of rotatable bonds is 8. The second-order valence-electron chi connectivity index (χ2n) is 4.79. The van der Waals surface area contributed by atoms with Crippen LogP contribution < -0.4 is 10.2 Å². The number of nitrogens with zero attached hydrogens (tertiary/aromatic N) is 3. The molecule has 0 bridgehead atoms. The summed E-state index contributed by atoms with van der Waals surface area (Å²) in [5.41, 5.74) is -0.902. The van der Waals surface area contributed by atoms with Crippen molar-refractivity contribution < 1.29 is 13.2 Å². The Kier molecular flexibility index (Phi) is 6.71. The normalized spacial score (nSPS) is 11.5. The molecule has 0 aliphatic carbocycles. The first kappa shape index (κ1) is 17.5. The van der Waals surface area contributed by atoms with Gasteiger partial charge in [0.25, 0.3) is 0 Å². The quantitative estimate of drug-likeness (QED) is 0.789. The number of hydrogen-bond donors (Lipinski definition) is 1. The number of hydrogen-bond acceptors (Lipinski definition) is 4. The number of aromatic nitrogens is 2. The van der Waals surface area contributed by atoms with Gasteiger partial charge >= 0.3 is 6.18 Å². The van der Waals surface area contributed by atoms with Gasteiger partial charge in [-0.25, -0.2) is 4.98 Å². The van der Waals surface area contributed by atoms with Crippen LogP contribution in [0.3, 0.4) is 0 Å². The summed E-state index contributed by atoms with van der Waals surface area (Å²) in [4.78, 5) is 9.62. The van der Waals surface area contributed by atoms with Crippen molar-refractivity contribution in [2.24, 2.45) is 0 Å². The maximum atomic E-state index is 13.0. The van der Waals surface area contributed by atoms with Crippen LogP contribution in [0.2, 0.25) is 0 Å². The Labute approximate surface area is 123 Å². The highest BCUT2D eigenvalue weighted by Gasteiger charge is 2.34. The molecule has 0 unspecified atom stereocenters. The fourth-order valence-electron chi connectivity index (χ4n) is 1.84. The zero-order valence-corrected chi connectivity index (χ0v) is 12.8. The van der Waals surface area contributed by atoms with Crippen molar-refractivity contribution in [3.63, 3.8) is 0 Å². The number of unbranched alkanes of at least 4 members (excludes halogenated alkanes) is 1. The molecule has 1 heterocycles. The summed E-state index contributed by atoms with van der Waals surface area (Å²) in [6, 6.07) is 1.02. The van der Waals surface area contributed by atoms with Gasteiger partial charge in [0.1, 0.15) is 5.82 Å². The molecule has 0 spiro atoms. The van der Waals surface area contributed by atoms with Crippen molar-refractivity contribution in [2.45, 2.75) is 46.2 Å². The van der Waals surface area contributed by atoms with Crippen molar-refractivity contribution in [1.82, 2.24) is 9.97 Å². The van der Waals surface area contributed by atoms with E-state index in [1.807, 2.05) is 25.7 Å². The van der Waals surface area contributed by atoms with E-state index in [1.165, 1.54) is 0 Å². The van der Waals surface area contributed by atoms with E-state index >= 15 is 0 Å². The van der Waals surface area contributed by atoms with E-state index in [1.54, 1.807) is 0 Å². The van der Waals surface area contributed by atoms with E-state index in [4.69, 9.17) is 0 Å².